The Balaban J connectivity index is 1.38. The zero-order chi connectivity index (χ0) is 19.4. The first kappa shape index (κ1) is 17.5. The topological polar surface area (TPSA) is 81.4 Å². The summed E-state index contributed by atoms with van der Waals surface area (Å²) in [4.78, 5) is 25.5. The predicted molar refractivity (Wildman–Crippen MR) is 101 cm³/mol. The minimum atomic E-state index is -0.439. The zero-order valence-electron chi connectivity index (χ0n) is 15.9. The fourth-order valence-corrected chi connectivity index (χ4v) is 6.29. The molecule has 1 amide bonds. The molecule has 0 unspecified atom stereocenters. The van der Waals surface area contributed by atoms with Gasteiger partial charge < -0.3 is 14.6 Å². The minimum Gasteiger partial charge on any atom is -0.469 e. The number of hydrogen-bond acceptors (Lipinski definition) is 5. The Labute approximate surface area is 163 Å². The van der Waals surface area contributed by atoms with Crippen LogP contribution in [0.25, 0.3) is 11.3 Å². The average Bonchev–Trinajstić information content (AvgIpc) is 3.17. The lowest BCUT2D eigenvalue weighted by Gasteiger charge is -2.60. The number of aromatic nitrogens is 1. The first-order valence-corrected chi connectivity index (χ1v) is 9.94. The summed E-state index contributed by atoms with van der Waals surface area (Å²) in [5.41, 5.74) is 0.377. The van der Waals surface area contributed by atoms with E-state index in [0.717, 1.165) is 37.7 Å². The summed E-state index contributed by atoms with van der Waals surface area (Å²) < 4.78 is 10.5. The van der Waals surface area contributed by atoms with Crippen LogP contribution in [0.1, 0.15) is 49.0 Å². The second kappa shape index (κ2) is 6.19. The van der Waals surface area contributed by atoms with Crippen LogP contribution in [0, 0.1) is 17.3 Å². The molecular formula is C22H24N2O4. The van der Waals surface area contributed by atoms with Crippen LogP contribution in [-0.2, 0) is 9.53 Å². The lowest BCUT2D eigenvalue weighted by atomic mass is 9.47. The third-order valence-electron chi connectivity index (χ3n) is 6.86. The summed E-state index contributed by atoms with van der Waals surface area (Å²) in [7, 11) is 1.46. The third kappa shape index (κ3) is 2.74. The van der Waals surface area contributed by atoms with Crippen LogP contribution in [-0.4, -0.2) is 29.7 Å². The van der Waals surface area contributed by atoms with Crippen molar-refractivity contribution in [2.45, 2.75) is 44.1 Å². The van der Waals surface area contributed by atoms with Crippen LogP contribution in [0.2, 0.25) is 0 Å². The van der Waals surface area contributed by atoms with Crippen LogP contribution < -0.4 is 5.32 Å². The highest BCUT2D eigenvalue weighted by molar-refractivity contribution is 5.93. The zero-order valence-corrected chi connectivity index (χ0v) is 15.9. The molecule has 0 aliphatic heterocycles. The molecule has 28 heavy (non-hydrogen) atoms. The van der Waals surface area contributed by atoms with Crippen molar-refractivity contribution in [2.24, 2.45) is 17.3 Å². The molecule has 2 atom stereocenters. The molecule has 146 valence electrons. The van der Waals surface area contributed by atoms with Crippen LogP contribution in [0.5, 0.6) is 0 Å². The van der Waals surface area contributed by atoms with Gasteiger partial charge in [-0.1, -0.05) is 35.5 Å². The van der Waals surface area contributed by atoms with Crippen molar-refractivity contribution in [1.82, 2.24) is 10.5 Å². The van der Waals surface area contributed by atoms with Crippen LogP contribution in [0.15, 0.2) is 40.9 Å². The summed E-state index contributed by atoms with van der Waals surface area (Å²) in [6.45, 7) is 0. The Morgan fingerprint density at radius 2 is 1.86 bits per heavy atom. The van der Waals surface area contributed by atoms with Gasteiger partial charge in [-0.3, -0.25) is 9.59 Å². The molecular weight excluding hydrogens is 356 g/mol. The number of rotatable bonds is 4. The van der Waals surface area contributed by atoms with Gasteiger partial charge in [0.05, 0.1) is 12.5 Å². The van der Waals surface area contributed by atoms with Gasteiger partial charge in [-0.25, -0.2) is 0 Å². The normalized spacial score (nSPS) is 32.9. The van der Waals surface area contributed by atoms with Crippen LogP contribution >= 0.6 is 0 Å². The van der Waals surface area contributed by atoms with Gasteiger partial charge in [-0.05, 0) is 50.4 Å². The van der Waals surface area contributed by atoms with Crippen molar-refractivity contribution in [3.63, 3.8) is 0 Å². The molecule has 0 spiro atoms. The Morgan fingerprint density at radius 3 is 2.54 bits per heavy atom. The molecule has 6 nitrogen and oxygen atoms in total. The summed E-state index contributed by atoms with van der Waals surface area (Å²) in [5.74, 6) is 1.17. The summed E-state index contributed by atoms with van der Waals surface area (Å²) in [6.07, 6.45) is 5.44. The molecule has 4 aliphatic rings. The summed E-state index contributed by atoms with van der Waals surface area (Å²) >= 11 is 0. The highest BCUT2D eigenvalue weighted by Crippen LogP contribution is 2.62. The summed E-state index contributed by atoms with van der Waals surface area (Å²) in [5, 5.41) is 7.22. The number of ether oxygens (including phenoxy) is 1. The monoisotopic (exact) mass is 380 g/mol. The van der Waals surface area contributed by atoms with E-state index in [9.17, 15) is 9.59 Å². The van der Waals surface area contributed by atoms with Crippen molar-refractivity contribution in [1.29, 1.82) is 0 Å². The van der Waals surface area contributed by atoms with Gasteiger partial charge in [0.15, 0.2) is 11.5 Å². The second-order valence-corrected chi connectivity index (χ2v) is 8.91. The Hall–Kier alpha value is -2.63. The van der Waals surface area contributed by atoms with E-state index in [1.165, 1.54) is 7.11 Å². The number of esters is 1. The van der Waals surface area contributed by atoms with Gasteiger partial charge in [0.25, 0.3) is 5.91 Å². The Kier molecular flexibility index (Phi) is 3.86. The SMILES string of the molecule is COC(=O)C12C[C@@H]3C[C@H](CC(NC(=O)c4cc(-c5ccccc5)on4)(C3)C1)C2. The van der Waals surface area contributed by atoms with Gasteiger partial charge in [0, 0.05) is 17.2 Å². The van der Waals surface area contributed by atoms with Crippen LogP contribution in [0.3, 0.4) is 0 Å². The maximum absolute atomic E-state index is 13.0. The number of nitrogens with zero attached hydrogens (tertiary/aromatic N) is 1. The maximum atomic E-state index is 13.0. The van der Waals surface area contributed by atoms with Crippen molar-refractivity contribution >= 4 is 11.9 Å². The van der Waals surface area contributed by atoms with E-state index in [1.807, 2.05) is 30.3 Å². The average molecular weight is 380 g/mol. The number of carbonyl (C=O) groups excluding carboxylic acids is 2. The van der Waals surface area contributed by atoms with Gasteiger partial charge in [0.1, 0.15) is 0 Å². The number of carbonyl (C=O) groups is 2. The van der Waals surface area contributed by atoms with Crippen molar-refractivity contribution in [3.8, 4) is 11.3 Å². The van der Waals surface area contributed by atoms with Crippen molar-refractivity contribution < 1.29 is 18.8 Å². The van der Waals surface area contributed by atoms with Crippen LogP contribution in [0.4, 0.5) is 0 Å². The molecule has 6 heteroatoms. The molecule has 0 saturated heterocycles. The van der Waals surface area contributed by atoms with Gasteiger partial charge in [-0.2, -0.15) is 0 Å². The molecule has 4 saturated carbocycles. The number of amides is 1. The maximum Gasteiger partial charge on any atom is 0.311 e. The van der Waals surface area contributed by atoms with E-state index in [-0.39, 0.29) is 23.1 Å². The highest BCUT2D eigenvalue weighted by Gasteiger charge is 2.61. The van der Waals surface area contributed by atoms with Crippen molar-refractivity contribution in [2.75, 3.05) is 7.11 Å². The molecule has 0 radical (unpaired) electrons. The van der Waals surface area contributed by atoms with E-state index in [0.29, 0.717) is 24.0 Å². The lowest BCUT2D eigenvalue weighted by Crippen LogP contribution is -2.64. The highest BCUT2D eigenvalue weighted by atomic mass is 16.5. The fourth-order valence-electron chi connectivity index (χ4n) is 6.29. The molecule has 1 aromatic heterocycles. The van der Waals surface area contributed by atoms with Crippen molar-refractivity contribution in [3.05, 3.63) is 42.1 Å². The number of benzene rings is 1. The number of nitrogens with one attached hydrogen (secondary N) is 1. The molecule has 6 rings (SSSR count). The van der Waals surface area contributed by atoms with Gasteiger partial charge >= 0.3 is 5.97 Å². The lowest BCUT2D eigenvalue weighted by molar-refractivity contribution is -0.171. The largest absolute Gasteiger partial charge is 0.469 e. The first-order valence-electron chi connectivity index (χ1n) is 9.94. The standard InChI is InChI=1S/C22H24N2O4/c1-27-20(26)21-9-14-7-15(10-21)12-22(11-14,13-21)23-19(25)17-8-18(28-24-17)16-5-3-2-4-6-16/h2-6,8,14-15H,7,9-13H2,1H3,(H,23,25)/t14-,15-,21?,22?/m0/s1. The molecule has 1 heterocycles. The predicted octanol–water partition coefficient (Wildman–Crippen LogP) is 3.58. The molecule has 4 aliphatic carbocycles. The third-order valence-corrected chi connectivity index (χ3v) is 6.86. The number of methoxy groups -OCH3 is 1. The Bertz CT molecular complexity index is 906. The van der Waals surface area contributed by atoms with E-state index in [4.69, 9.17) is 9.26 Å². The number of hydrogen-bond donors (Lipinski definition) is 1. The van der Waals surface area contributed by atoms with E-state index in [2.05, 4.69) is 10.5 Å². The Morgan fingerprint density at radius 1 is 1.14 bits per heavy atom. The smallest absolute Gasteiger partial charge is 0.311 e. The molecule has 1 aromatic carbocycles. The van der Waals surface area contributed by atoms with E-state index in [1.54, 1.807) is 6.07 Å². The van der Waals surface area contributed by atoms with E-state index < -0.39 is 5.41 Å². The van der Waals surface area contributed by atoms with Gasteiger partial charge in [0.2, 0.25) is 0 Å². The first-order chi connectivity index (χ1) is 13.5. The molecule has 4 bridgehead atoms. The molecule has 4 fully saturated rings. The summed E-state index contributed by atoms with van der Waals surface area (Å²) in [6, 6.07) is 11.3. The fraction of sp³-hybridized carbons (Fsp3) is 0.500. The minimum absolute atomic E-state index is 0.118. The second-order valence-electron chi connectivity index (χ2n) is 8.91. The van der Waals surface area contributed by atoms with Gasteiger partial charge in [-0.15, -0.1) is 0 Å². The van der Waals surface area contributed by atoms with E-state index >= 15 is 0 Å². The molecule has 2 aromatic rings. The molecule has 1 N–H and O–H groups in total. The quantitative estimate of drug-likeness (QED) is 0.820.